The first-order valence-electron chi connectivity index (χ1n) is 7.59. The number of hydrogen-bond donors (Lipinski definition) is 1. The van der Waals surface area contributed by atoms with Crippen LogP contribution < -0.4 is 5.32 Å². The predicted octanol–water partition coefficient (Wildman–Crippen LogP) is 3.36. The molecule has 17 heavy (non-hydrogen) atoms. The van der Waals surface area contributed by atoms with Gasteiger partial charge in [0.05, 0.1) is 12.2 Å². The predicted molar refractivity (Wildman–Crippen MR) is 72.2 cm³/mol. The largest absolute Gasteiger partial charge is 0.374 e. The SMILES string of the molecule is CCNC(C1CCC(C)CC1)C1CCC(C)O1. The highest BCUT2D eigenvalue weighted by atomic mass is 16.5. The van der Waals surface area contributed by atoms with Crippen LogP contribution >= 0.6 is 0 Å². The smallest absolute Gasteiger partial charge is 0.0735 e. The molecule has 0 aromatic heterocycles. The van der Waals surface area contributed by atoms with Crippen LogP contribution in [-0.4, -0.2) is 24.8 Å². The Morgan fingerprint density at radius 1 is 1.06 bits per heavy atom. The molecule has 100 valence electrons. The van der Waals surface area contributed by atoms with Crippen LogP contribution in [0.15, 0.2) is 0 Å². The average Bonchev–Trinajstić information content (AvgIpc) is 2.74. The summed E-state index contributed by atoms with van der Waals surface area (Å²) in [5, 5.41) is 3.70. The number of likely N-dealkylation sites (N-methyl/N-ethyl adjacent to an activating group) is 1. The molecule has 2 rings (SSSR count). The first kappa shape index (κ1) is 13.4. The van der Waals surface area contributed by atoms with E-state index in [4.69, 9.17) is 4.74 Å². The lowest BCUT2D eigenvalue weighted by Crippen LogP contribution is -2.46. The minimum Gasteiger partial charge on any atom is -0.374 e. The minimum absolute atomic E-state index is 0.475. The zero-order valence-electron chi connectivity index (χ0n) is 11.7. The quantitative estimate of drug-likeness (QED) is 0.812. The summed E-state index contributed by atoms with van der Waals surface area (Å²) in [6.45, 7) is 7.90. The highest BCUT2D eigenvalue weighted by molar-refractivity contribution is 4.89. The Bertz CT molecular complexity index is 223. The third-order valence-electron chi connectivity index (χ3n) is 4.67. The van der Waals surface area contributed by atoms with E-state index in [1.54, 1.807) is 0 Å². The van der Waals surface area contributed by atoms with Gasteiger partial charge in [0.2, 0.25) is 0 Å². The molecule has 3 unspecified atom stereocenters. The zero-order chi connectivity index (χ0) is 12.3. The van der Waals surface area contributed by atoms with Crippen molar-refractivity contribution in [2.24, 2.45) is 11.8 Å². The molecule has 0 bridgehead atoms. The fourth-order valence-corrected chi connectivity index (χ4v) is 3.58. The van der Waals surface area contributed by atoms with Gasteiger partial charge >= 0.3 is 0 Å². The molecule has 0 aromatic carbocycles. The normalized spacial score (nSPS) is 40.4. The standard InChI is InChI=1S/C15H29NO/c1-4-16-15(14-10-7-12(3)17-14)13-8-5-11(2)6-9-13/h11-16H,4-10H2,1-3H3. The van der Waals surface area contributed by atoms with Crippen LogP contribution in [0, 0.1) is 11.8 Å². The molecule has 0 radical (unpaired) electrons. The van der Waals surface area contributed by atoms with E-state index in [0.717, 1.165) is 18.4 Å². The maximum atomic E-state index is 6.09. The Morgan fingerprint density at radius 2 is 1.76 bits per heavy atom. The molecule has 1 saturated carbocycles. The maximum absolute atomic E-state index is 6.09. The fourth-order valence-electron chi connectivity index (χ4n) is 3.58. The van der Waals surface area contributed by atoms with E-state index in [1.807, 2.05) is 0 Å². The fraction of sp³-hybridized carbons (Fsp3) is 1.00. The van der Waals surface area contributed by atoms with Crippen LogP contribution in [0.1, 0.15) is 59.3 Å². The van der Waals surface area contributed by atoms with E-state index in [9.17, 15) is 0 Å². The lowest BCUT2D eigenvalue weighted by molar-refractivity contribution is 0.0104. The van der Waals surface area contributed by atoms with Crippen LogP contribution in [0.2, 0.25) is 0 Å². The van der Waals surface area contributed by atoms with Gasteiger partial charge < -0.3 is 10.1 Å². The summed E-state index contributed by atoms with van der Waals surface area (Å²) in [6, 6.07) is 0.609. The molecular formula is C15H29NO. The van der Waals surface area contributed by atoms with E-state index in [0.29, 0.717) is 18.2 Å². The van der Waals surface area contributed by atoms with Crippen molar-refractivity contribution in [1.82, 2.24) is 5.32 Å². The second-order valence-electron chi connectivity index (χ2n) is 6.17. The van der Waals surface area contributed by atoms with Crippen molar-refractivity contribution in [3.8, 4) is 0 Å². The summed E-state index contributed by atoms with van der Waals surface area (Å²) < 4.78 is 6.09. The molecule has 0 spiro atoms. The van der Waals surface area contributed by atoms with E-state index in [-0.39, 0.29) is 0 Å². The molecule has 2 nitrogen and oxygen atoms in total. The Kier molecular flexibility index (Phi) is 4.87. The van der Waals surface area contributed by atoms with Crippen LogP contribution in [0.3, 0.4) is 0 Å². The van der Waals surface area contributed by atoms with E-state index >= 15 is 0 Å². The molecule has 1 N–H and O–H groups in total. The maximum Gasteiger partial charge on any atom is 0.0735 e. The monoisotopic (exact) mass is 239 g/mol. The Balaban J connectivity index is 1.91. The van der Waals surface area contributed by atoms with Crippen molar-refractivity contribution < 1.29 is 4.74 Å². The molecule has 3 atom stereocenters. The van der Waals surface area contributed by atoms with Gasteiger partial charge in [0.25, 0.3) is 0 Å². The lowest BCUT2D eigenvalue weighted by atomic mass is 9.77. The van der Waals surface area contributed by atoms with Crippen molar-refractivity contribution in [2.45, 2.75) is 77.5 Å². The van der Waals surface area contributed by atoms with E-state index in [2.05, 4.69) is 26.1 Å². The van der Waals surface area contributed by atoms with Crippen molar-refractivity contribution in [3.63, 3.8) is 0 Å². The molecule has 2 fully saturated rings. The first-order chi connectivity index (χ1) is 8.20. The van der Waals surface area contributed by atoms with Crippen molar-refractivity contribution >= 4 is 0 Å². The van der Waals surface area contributed by atoms with Gasteiger partial charge in [-0.1, -0.05) is 26.7 Å². The summed E-state index contributed by atoms with van der Waals surface area (Å²) in [5.41, 5.74) is 0. The Labute approximate surface area is 107 Å². The lowest BCUT2D eigenvalue weighted by Gasteiger charge is -2.36. The highest BCUT2D eigenvalue weighted by Crippen LogP contribution is 2.34. The molecule has 1 aliphatic heterocycles. The molecule has 2 heteroatoms. The first-order valence-corrected chi connectivity index (χ1v) is 7.59. The Hall–Kier alpha value is -0.0800. The molecule has 0 amide bonds. The number of rotatable bonds is 4. The van der Waals surface area contributed by atoms with Crippen LogP contribution in [-0.2, 0) is 4.74 Å². The highest BCUT2D eigenvalue weighted by Gasteiger charge is 2.35. The molecular weight excluding hydrogens is 210 g/mol. The number of ether oxygens (including phenoxy) is 1. The van der Waals surface area contributed by atoms with Crippen LogP contribution in [0.5, 0.6) is 0 Å². The third kappa shape index (κ3) is 3.45. The van der Waals surface area contributed by atoms with Gasteiger partial charge in [0, 0.05) is 6.04 Å². The minimum atomic E-state index is 0.475. The Morgan fingerprint density at radius 3 is 2.29 bits per heavy atom. The average molecular weight is 239 g/mol. The van der Waals surface area contributed by atoms with Crippen LogP contribution in [0.25, 0.3) is 0 Å². The molecule has 1 heterocycles. The second-order valence-corrected chi connectivity index (χ2v) is 6.17. The molecule has 0 aromatic rings. The zero-order valence-corrected chi connectivity index (χ0v) is 11.7. The summed E-state index contributed by atoms with van der Waals surface area (Å²) in [5.74, 6) is 1.79. The number of nitrogens with one attached hydrogen (secondary N) is 1. The van der Waals surface area contributed by atoms with Gasteiger partial charge in [-0.2, -0.15) is 0 Å². The number of hydrogen-bond acceptors (Lipinski definition) is 2. The summed E-state index contributed by atoms with van der Waals surface area (Å²) in [7, 11) is 0. The summed E-state index contributed by atoms with van der Waals surface area (Å²) >= 11 is 0. The molecule has 2 aliphatic rings. The van der Waals surface area contributed by atoms with Crippen molar-refractivity contribution in [1.29, 1.82) is 0 Å². The van der Waals surface area contributed by atoms with Crippen LogP contribution in [0.4, 0.5) is 0 Å². The van der Waals surface area contributed by atoms with Crippen molar-refractivity contribution in [3.05, 3.63) is 0 Å². The van der Waals surface area contributed by atoms with E-state index in [1.165, 1.54) is 38.5 Å². The van der Waals surface area contributed by atoms with Gasteiger partial charge in [-0.25, -0.2) is 0 Å². The summed E-state index contributed by atoms with van der Waals surface area (Å²) in [4.78, 5) is 0. The summed E-state index contributed by atoms with van der Waals surface area (Å²) in [6.07, 6.45) is 9.07. The van der Waals surface area contributed by atoms with Crippen molar-refractivity contribution in [2.75, 3.05) is 6.54 Å². The topological polar surface area (TPSA) is 21.3 Å². The third-order valence-corrected chi connectivity index (χ3v) is 4.67. The van der Waals surface area contributed by atoms with Gasteiger partial charge in [0.1, 0.15) is 0 Å². The van der Waals surface area contributed by atoms with Gasteiger partial charge in [-0.3, -0.25) is 0 Å². The van der Waals surface area contributed by atoms with Gasteiger partial charge in [0.15, 0.2) is 0 Å². The van der Waals surface area contributed by atoms with Gasteiger partial charge in [-0.15, -0.1) is 0 Å². The van der Waals surface area contributed by atoms with Gasteiger partial charge in [-0.05, 0) is 51.0 Å². The molecule has 1 aliphatic carbocycles. The van der Waals surface area contributed by atoms with E-state index < -0.39 is 0 Å². The molecule has 1 saturated heterocycles. The second kappa shape index (κ2) is 6.19.